The lowest BCUT2D eigenvalue weighted by Crippen LogP contribution is -2.39. The summed E-state index contributed by atoms with van der Waals surface area (Å²) in [5.74, 6) is 1.04. The highest BCUT2D eigenvalue weighted by molar-refractivity contribution is 8.00. The van der Waals surface area contributed by atoms with E-state index in [1.165, 1.54) is 25.7 Å². The maximum absolute atomic E-state index is 12.7. The SMILES string of the molecule is CC(Sc1ccccc1Cl)C(=O)N(CC1CC1)C1CC1. The van der Waals surface area contributed by atoms with Gasteiger partial charge in [0.1, 0.15) is 0 Å². The van der Waals surface area contributed by atoms with Crippen LogP contribution >= 0.6 is 23.4 Å². The summed E-state index contributed by atoms with van der Waals surface area (Å²) in [6.07, 6.45) is 4.95. The number of halogens is 1. The van der Waals surface area contributed by atoms with E-state index in [0.717, 1.165) is 22.4 Å². The Balaban J connectivity index is 1.64. The summed E-state index contributed by atoms with van der Waals surface area (Å²) in [6, 6.07) is 8.26. The summed E-state index contributed by atoms with van der Waals surface area (Å²) < 4.78 is 0. The second-order valence-electron chi connectivity index (χ2n) is 5.86. The van der Waals surface area contributed by atoms with Crippen molar-refractivity contribution in [2.24, 2.45) is 5.92 Å². The van der Waals surface area contributed by atoms with Crippen LogP contribution in [0.3, 0.4) is 0 Å². The minimum absolute atomic E-state index is 0.0609. The summed E-state index contributed by atoms with van der Waals surface area (Å²) in [5, 5.41) is 0.673. The molecule has 2 aliphatic rings. The van der Waals surface area contributed by atoms with Crippen LogP contribution in [0, 0.1) is 5.92 Å². The van der Waals surface area contributed by atoms with Gasteiger partial charge in [-0.3, -0.25) is 4.79 Å². The molecular formula is C16H20ClNOS. The number of benzene rings is 1. The van der Waals surface area contributed by atoms with Gasteiger partial charge < -0.3 is 4.90 Å². The highest BCUT2D eigenvalue weighted by Gasteiger charge is 2.38. The van der Waals surface area contributed by atoms with Crippen molar-refractivity contribution in [3.63, 3.8) is 0 Å². The number of amides is 1. The summed E-state index contributed by atoms with van der Waals surface area (Å²) in [7, 11) is 0. The lowest BCUT2D eigenvalue weighted by Gasteiger charge is -2.25. The number of carbonyl (C=O) groups is 1. The number of hydrogen-bond acceptors (Lipinski definition) is 2. The van der Waals surface area contributed by atoms with Crippen molar-refractivity contribution in [1.29, 1.82) is 0 Å². The Bertz CT molecular complexity index is 499. The van der Waals surface area contributed by atoms with E-state index in [-0.39, 0.29) is 11.2 Å². The normalized spacial score (nSPS) is 19.7. The zero-order valence-electron chi connectivity index (χ0n) is 11.7. The van der Waals surface area contributed by atoms with Crippen LogP contribution in [0.25, 0.3) is 0 Å². The minimum Gasteiger partial charge on any atom is -0.338 e. The first-order chi connectivity index (χ1) is 9.65. The first-order valence-electron chi connectivity index (χ1n) is 7.37. The third-order valence-corrected chi connectivity index (χ3v) is 5.52. The molecule has 2 saturated carbocycles. The van der Waals surface area contributed by atoms with Crippen molar-refractivity contribution >= 4 is 29.3 Å². The number of carbonyl (C=O) groups excluding carboxylic acids is 1. The predicted molar refractivity (Wildman–Crippen MR) is 84.2 cm³/mol. The number of thioether (sulfide) groups is 1. The Morgan fingerprint density at radius 3 is 2.65 bits per heavy atom. The highest BCUT2D eigenvalue weighted by atomic mass is 35.5. The molecule has 1 aromatic rings. The van der Waals surface area contributed by atoms with Gasteiger partial charge in [-0.05, 0) is 50.7 Å². The lowest BCUT2D eigenvalue weighted by molar-refractivity contribution is -0.131. The molecule has 1 unspecified atom stereocenters. The molecule has 1 atom stereocenters. The standard InChI is InChI=1S/C16H20ClNOS/c1-11(20-15-5-3-2-4-14(15)17)16(19)18(13-8-9-13)10-12-6-7-12/h2-5,11-13H,6-10H2,1H3. The fourth-order valence-electron chi connectivity index (χ4n) is 2.40. The molecule has 0 aromatic heterocycles. The summed E-state index contributed by atoms with van der Waals surface area (Å²) in [4.78, 5) is 15.8. The van der Waals surface area contributed by atoms with Gasteiger partial charge in [0.2, 0.25) is 5.91 Å². The number of nitrogens with zero attached hydrogens (tertiary/aromatic N) is 1. The molecule has 4 heteroatoms. The van der Waals surface area contributed by atoms with Gasteiger partial charge in [0.05, 0.1) is 10.3 Å². The second kappa shape index (κ2) is 5.98. The molecule has 0 heterocycles. The number of hydrogen-bond donors (Lipinski definition) is 0. The lowest BCUT2D eigenvalue weighted by atomic mass is 10.3. The molecule has 20 heavy (non-hydrogen) atoms. The van der Waals surface area contributed by atoms with Crippen LogP contribution in [-0.2, 0) is 4.79 Å². The Hall–Kier alpha value is -0.670. The molecule has 2 nitrogen and oxygen atoms in total. The molecule has 0 saturated heterocycles. The Morgan fingerprint density at radius 1 is 1.35 bits per heavy atom. The monoisotopic (exact) mass is 309 g/mol. The largest absolute Gasteiger partial charge is 0.338 e. The fourth-order valence-corrected chi connectivity index (χ4v) is 3.62. The van der Waals surface area contributed by atoms with E-state index in [0.29, 0.717) is 6.04 Å². The quantitative estimate of drug-likeness (QED) is 0.733. The van der Waals surface area contributed by atoms with E-state index in [9.17, 15) is 4.79 Å². The summed E-state index contributed by atoms with van der Waals surface area (Å²) in [5.41, 5.74) is 0. The van der Waals surface area contributed by atoms with Crippen LogP contribution < -0.4 is 0 Å². The van der Waals surface area contributed by atoms with Crippen LogP contribution in [0.1, 0.15) is 32.6 Å². The van der Waals surface area contributed by atoms with Gasteiger partial charge in [-0.25, -0.2) is 0 Å². The van der Waals surface area contributed by atoms with Gasteiger partial charge in [0.15, 0.2) is 0 Å². The van der Waals surface area contributed by atoms with E-state index < -0.39 is 0 Å². The third kappa shape index (κ3) is 3.50. The van der Waals surface area contributed by atoms with Gasteiger partial charge >= 0.3 is 0 Å². The second-order valence-corrected chi connectivity index (χ2v) is 7.65. The molecule has 108 valence electrons. The van der Waals surface area contributed by atoms with Crippen molar-refractivity contribution in [1.82, 2.24) is 4.90 Å². The molecule has 3 rings (SSSR count). The van der Waals surface area contributed by atoms with E-state index in [4.69, 9.17) is 11.6 Å². The van der Waals surface area contributed by atoms with Gasteiger partial charge in [-0.2, -0.15) is 0 Å². The smallest absolute Gasteiger partial charge is 0.236 e. The molecule has 0 radical (unpaired) electrons. The highest BCUT2D eigenvalue weighted by Crippen LogP contribution is 2.37. The van der Waals surface area contributed by atoms with Gasteiger partial charge in [-0.15, -0.1) is 11.8 Å². The molecule has 2 aliphatic carbocycles. The van der Waals surface area contributed by atoms with Crippen LogP contribution in [0.4, 0.5) is 0 Å². The first-order valence-corrected chi connectivity index (χ1v) is 8.62. The summed E-state index contributed by atoms with van der Waals surface area (Å²) in [6.45, 7) is 2.97. The zero-order chi connectivity index (χ0) is 14.1. The minimum atomic E-state index is -0.0609. The predicted octanol–water partition coefficient (Wildman–Crippen LogP) is 4.22. The third-order valence-electron chi connectivity index (χ3n) is 3.91. The molecule has 0 spiro atoms. The van der Waals surface area contributed by atoms with E-state index >= 15 is 0 Å². The Kier molecular flexibility index (Phi) is 4.27. The zero-order valence-corrected chi connectivity index (χ0v) is 13.3. The van der Waals surface area contributed by atoms with E-state index in [1.807, 2.05) is 31.2 Å². The summed E-state index contributed by atoms with van der Waals surface area (Å²) >= 11 is 7.75. The van der Waals surface area contributed by atoms with Crippen LogP contribution in [-0.4, -0.2) is 28.6 Å². The maximum atomic E-state index is 12.7. The van der Waals surface area contributed by atoms with E-state index in [2.05, 4.69) is 4.90 Å². The topological polar surface area (TPSA) is 20.3 Å². The molecule has 0 bridgehead atoms. The van der Waals surface area contributed by atoms with E-state index in [1.54, 1.807) is 11.8 Å². The van der Waals surface area contributed by atoms with Crippen LogP contribution in [0.5, 0.6) is 0 Å². The average molecular weight is 310 g/mol. The molecule has 0 N–H and O–H groups in total. The van der Waals surface area contributed by atoms with Gasteiger partial charge in [0.25, 0.3) is 0 Å². The van der Waals surface area contributed by atoms with Crippen molar-refractivity contribution < 1.29 is 4.79 Å². The maximum Gasteiger partial charge on any atom is 0.236 e. The first kappa shape index (κ1) is 14.3. The van der Waals surface area contributed by atoms with Crippen molar-refractivity contribution in [2.45, 2.75) is 48.8 Å². The Morgan fingerprint density at radius 2 is 2.05 bits per heavy atom. The van der Waals surface area contributed by atoms with Crippen LogP contribution in [0.2, 0.25) is 5.02 Å². The molecular weight excluding hydrogens is 290 g/mol. The molecule has 2 fully saturated rings. The fraction of sp³-hybridized carbons (Fsp3) is 0.562. The molecule has 1 amide bonds. The Labute approximate surface area is 129 Å². The van der Waals surface area contributed by atoms with Gasteiger partial charge in [-0.1, -0.05) is 23.7 Å². The van der Waals surface area contributed by atoms with Crippen molar-refractivity contribution in [3.05, 3.63) is 29.3 Å². The molecule has 1 aromatic carbocycles. The average Bonchev–Trinajstić information content (AvgIpc) is 3.30. The van der Waals surface area contributed by atoms with Crippen molar-refractivity contribution in [3.8, 4) is 0 Å². The van der Waals surface area contributed by atoms with Gasteiger partial charge in [0, 0.05) is 17.5 Å². The number of rotatable bonds is 6. The van der Waals surface area contributed by atoms with Crippen LogP contribution in [0.15, 0.2) is 29.2 Å². The molecule has 0 aliphatic heterocycles. The van der Waals surface area contributed by atoms with Crippen molar-refractivity contribution in [2.75, 3.05) is 6.54 Å².